The minimum atomic E-state index is 0.376. The molecule has 0 saturated carbocycles. The number of nitrogens with zero attached hydrogens (tertiary/aromatic N) is 1. The summed E-state index contributed by atoms with van der Waals surface area (Å²) in [4.78, 5) is 4.17. The van der Waals surface area contributed by atoms with Crippen molar-refractivity contribution in [2.24, 2.45) is 16.6 Å². The molecule has 1 rings (SSSR count). The van der Waals surface area contributed by atoms with E-state index in [1.165, 1.54) is 0 Å². The summed E-state index contributed by atoms with van der Waals surface area (Å²) in [5, 5.41) is 3.07. The molecule has 0 aromatic rings. The molecule has 0 aromatic heterocycles. The predicted octanol–water partition coefficient (Wildman–Crippen LogP) is -0.0545. The molecule has 0 bridgehead atoms. The Kier molecular flexibility index (Phi) is 3.34. The lowest BCUT2D eigenvalue weighted by Gasteiger charge is -2.27. The average Bonchev–Trinajstić information content (AvgIpc) is 1.93. The van der Waals surface area contributed by atoms with Crippen molar-refractivity contribution in [2.75, 3.05) is 19.8 Å². The van der Waals surface area contributed by atoms with Gasteiger partial charge in [0.15, 0.2) is 5.96 Å². The largest absolute Gasteiger partial charge is 0.377 e. The second-order valence-electron chi connectivity index (χ2n) is 3.50. The van der Waals surface area contributed by atoms with E-state index in [1.807, 2.05) is 0 Å². The molecule has 1 aliphatic rings. The molecule has 3 N–H and O–H groups in total. The summed E-state index contributed by atoms with van der Waals surface area (Å²) in [7, 11) is 0. The number of hydrogen-bond donors (Lipinski definition) is 2. The smallest absolute Gasteiger partial charge is 0.188 e. The van der Waals surface area contributed by atoms with E-state index in [9.17, 15) is 0 Å². The normalized spacial score (nSPS) is 19.4. The zero-order valence-electron chi connectivity index (χ0n) is 7.71. The van der Waals surface area contributed by atoms with Gasteiger partial charge >= 0.3 is 0 Å². The molecule has 4 heteroatoms. The lowest BCUT2D eigenvalue weighted by atomic mass is 10.2. The maximum absolute atomic E-state index is 5.62. The first-order valence-corrected chi connectivity index (χ1v) is 4.32. The van der Waals surface area contributed by atoms with Gasteiger partial charge in [0.25, 0.3) is 0 Å². The van der Waals surface area contributed by atoms with Gasteiger partial charge in [0, 0.05) is 6.54 Å². The van der Waals surface area contributed by atoms with Gasteiger partial charge in [-0.3, -0.25) is 4.99 Å². The monoisotopic (exact) mass is 171 g/mol. The fraction of sp³-hybridized carbons (Fsp3) is 0.875. The molecule has 4 nitrogen and oxygen atoms in total. The topological polar surface area (TPSA) is 59.6 Å². The maximum atomic E-state index is 5.62. The van der Waals surface area contributed by atoms with Crippen LogP contribution in [0, 0.1) is 5.92 Å². The first kappa shape index (κ1) is 9.32. The molecular weight excluding hydrogens is 154 g/mol. The summed E-state index contributed by atoms with van der Waals surface area (Å²) in [5.41, 5.74) is 5.62. The number of rotatable bonds is 3. The number of hydrogen-bond acceptors (Lipinski definition) is 2. The van der Waals surface area contributed by atoms with Gasteiger partial charge in [0.1, 0.15) is 0 Å². The van der Waals surface area contributed by atoms with Gasteiger partial charge in [-0.25, -0.2) is 0 Å². The van der Waals surface area contributed by atoms with Crippen molar-refractivity contribution in [3.05, 3.63) is 0 Å². The highest BCUT2D eigenvalue weighted by Gasteiger charge is 2.17. The van der Waals surface area contributed by atoms with Crippen LogP contribution in [-0.2, 0) is 4.74 Å². The summed E-state index contributed by atoms with van der Waals surface area (Å²) in [6.07, 6.45) is 0. The molecule has 0 amide bonds. The molecule has 1 heterocycles. The summed E-state index contributed by atoms with van der Waals surface area (Å²) in [5.74, 6) is 1.10. The van der Waals surface area contributed by atoms with E-state index in [-0.39, 0.29) is 0 Å². The highest BCUT2D eigenvalue weighted by molar-refractivity contribution is 5.78. The number of ether oxygens (including phenoxy) is 1. The summed E-state index contributed by atoms with van der Waals surface area (Å²) in [6.45, 7) is 6.51. The fourth-order valence-electron chi connectivity index (χ4n) is 0.855. The number of nitrogens with one attached hydrogen (secondary N) is 1. The minimum absolute atomic E-state index is 0.376. The van der Waals surface area contributed by atoms with Gasteiger partial charge < -0.3 is 15.8 Å². The SMILES string of the molecule is CC(C)CN=C(N)NC1COC1. The van der Waals surface area contributed by atoms with Crippen LogP contribution in [0.5, 0.6) is 0 Å². The first-order chi connectivity index (χ1) is 5.68. The van der Waals surface area contributed by atoms with Crippen molar-refractivity contribution in [1.29, 1.82) is 0 Å². The Morgan fingerprint density at radius 3 is 2.75 bits per heavy atom. The molecule has 0 aromatic carbocycles. The highest BCUT2D eigenvalue weighted by Crippen LogP contribution is 1.98. The van der Waals surface area contributed by atoms with Gasteiger partial charge in [-0.05, 0) is 5.92 Å². The molecule has 1 aliphatic heterocycles. The van der Waals surface area contributed by atoms with Crippen LogP contribution < -0.4 is 11.1 Å². The highest BCUT2D eigenvalue weighted by atomic mass is 16.5. The van der Waals surface area contributed by atoms with Crippen molar-refractivity contribution >= 4 is 5.96 Å². The average molecular weight is 171 g/mol. The lowest BCUT2D eigenvalue weighted by Crippen LogP contribution is -2.51. The summed E-state index contributed by atoms with van der Waals surface area (Å²) in [6, 6.07) is 0.376. The van der Waals surface area contributed by atoms with Crippen molar-refractivity contribution in [2.45, 2.75) is 19.9 Å². The quantitative estimate of drug-likeness (QED) is 0.462. The standard InChI is InChI=1S/C8H17N3O/c1-6(2)3-10-8(9)11-7-4-12-5-7/h6-7H,3-5H2,1-2H3,(H3,9,10,11). The third-order valence-corrected chi connectivity index (χ3v) is 1.62. The second kappa shape index (κ2) is 4.30. The molecule has 1 fully saturated rings. The summed E-state index contributed by atoms with van der Waals surface area (Å²) < 4.78 is 4.99. The van der Waals surface area contributed by atoms with Gasteiger partial charge in [-0.2, -0.15) is 0 Å². The van der Waals surface area contributed by atoms with Crippen LogP contribution in [0.1, 0.15) is 13.8 Å². The molecule has 0 unspecified atom stereocenters. The fourth-order valence-corrected chi connectivity index (χ4v) is 0.855. The van der Waals surface area contributed by atoms with Crippen molar-refractivity contribution in [3.8, 4) is 0 Å². The molecule has 0 radical (unpaired) electrons. The van der Waals surface area contributed by atoms with E-state index in [0.717, 1.165) is 19.8 Å². The zero-order chi connectivity index (χ0) is 8.97. The Labute approximate surface area is 73.2 Å². The third-order valence-electron chi connectivity index (χ3n) is 1.62. The third kappa shape index (κ3) is 3.09. The van der Waals surface area contributed by atoms with Gasteiger partial charge in [-0.1, -0.05) is 13.8 Å². The molecule has 70 valence electrons. The van der Waals surface area contributed by atoms with E-state index < -0.39 is 0 Å². The zero-order valence-corrected chi connectivity index (χ0v) is 7.71. The van der Waals surface area contributed by atoms with Crippen LogP contribution in [-0.4, -0.2) is 31.8 Å². The molecule has 1 saturated heterocycles. The molecule has 0 spiro atoms. The maximum Gasteiger partial charge on any atom is 0.188 e. The van der Waals surface area contributed by atoms with Gasteiger partial charge in [0.2, 0.25) is 0 Å². The first-order valence-electron chi connectivity index (χ1n) is 4.32. The Morgan fingerprint density at radius 2 is 2.33 bits per heavy atom. The van der Waals surface area contributed by atoms with E-state index >= 15 is 0 Å². The van der Waals surface area contributed by atoms with Gasteiger partial charge in [-0.15, -0.1) is 0 Å². The Balaban J connectivity index is 2.16. The Hall–Kier alpha value is -0.770. The molecular formula is C8H17N3O. The minimum Gasteiger partial charge on any atom is -0.377 e. The Morgan fingerprint density at radius 1 is 1.67 bits per heavy atom. The number of guanidine groups is 1. The molecule has 0 aliphatic carbocycles. The van der Waals surface area contributed by atoms with Crippen molar-refractivity contribution < 1.29 is 4.74 Å². The number of aliphatic imine (C=N–C) groups is 1. The van der Waals surface area contributed by atoms with Crippen molar-refractivity contribution in [3.63, 3.8) is 0 Å². The molecule has 12 heavy (non-hydrogen) atoms. The van der Waals surface area contributed by atoms with Crippen LogP contribution >= 0.6 is 0 Å². The van der Waals surface area contributed by atoms with E-state index in [1.54, 1.807) is 0 Å². The molecule has 0 atom stereocenters. The summed E-state index contributed by atoms with van der Waals surface area (Å²) >= 11 is 0. The Bertz CT molecular complexity index is 164. The van der Waals surface area contributed by atoms with Crippen LogP contribution in [0.2, 0.25) is 0 Å². The van der Waals surface area contributed by atoms with Gasteiger partial charge in [0.05, 0.1) is 19.3 Å². The van der Waals surface area contributed by atoms with Crippen LogP contribution in [0.15, 0.2) is 4.99 Å². The van der Waals surface area contributed by atoms with E-state index in [2.05, 4.69) is 24.2 Å². The van der Waals surface area contributed by atoms with E-state index in [4.69, 9.17) is 10.5 Å². The van der Waals surface area contributed by atoms with Crippen molar-refractivity contribution in [1.82, 2.24) is 5.32 Å². The number of nitrogens with two attached hydrogens (primary N) is 1. The van der Waals surface area contributed by atoms with Crippen LogP contribution in [0.4, 0.5) is 0 Å². The second-order valence-corrected chi connectivity index (χ2v) is 3.50. The van der Waals surface area contributed by atoms with Crippen LogP contribution in [0.3, 0.4) is 0 Å². The van der Waals surface area contributed by atoms with Crippen LogP contribution in [0.25, 0.3) is 0 Å². The predicted molar refractivity (Wildman–Crippen MR) is 49.1 cm³/mol. The van der Waals surface area contributed by atoms with E-state index in [0.29, 0.717) is 17.9 Å². The lowest BCUT2D eigenvalue weighted by molar-refractivity contribution is 0.00306.